The molecule has 2 amide bonds. The van der Waals surface area contributed by atoms with E-state index in [1.165, 1.54) is 12.1 Å². The smallest absolute Gasteiger partial charge is 0.376 e. The molecule has 0 saturated carbocycles. The predicted octanol–water partition coefficient (Wildman–Crippen LogP) is 4.95. The van der Waals surface area contributed by atoms with Gasteiger partial charge in [0.1, 0.15) is 0 Å². The number of hydrogen-bond donors (Lipinski definition) is 3. The Morgan fingerprint density at radius 1 is 0.933 bits per heavy atom. The second kappa shape index (κ2) is 8.68. The van der Waals surface area contributed by atoms with Gasteiger partial charge >= 0.3 is 12.2 Å². The summed E-state index contributed by atoms with van der Waals surface area (Å²) in [6, 6.07) is 12.4. The summed E-state index contributed by atoms with van der Waals surface area (Å²) < 4.78 is 38.3. The molecule has 0 bridgehead atoms. The summed E-state index contributed by atoms with van der Waals surface area (Å²) in [5, 5.41) is 16.0. The lowest BCUT2D eigenvalue weighted by Gasteiger charge is -2.13. The fourth-order valence-corrected chi connectivity index (χ4v) is 2.51. The number of nitrogens with zero attached hydrogens (tertiary/aromatic N) is 3. The number of aromatic nitrogens is 2. The van der Waals surface area contributed by atoms with Crippen molar-refractivity contribution in [2.75, 3.05) is 34.9 Å². The molecule has 30 heavy (non-hydrogen) atoms. The van der Waals surface area contributed by atoms with E-state index < -0.39 is 17.8 Å². The first kappa shape index (κ1) is 20.9. The minimum absolute atomic E-state index is 0.0416. The molecule has 3 rings (SSSR count). The molecule has 156 valence electrons. The van der Waals surface area contributed by atoms with Crippen LogP contribution in [0.25, 0.3) is 0 Å². The summed E-state index contributed by atoms with van der Waals surface area (Å²) in [6.45, 7) is 0. The number of amides is 2. The van der Waals surface area contributed by atoms with Crippen LogP contribution in [0, 0.1) is 0 Å². The van der Waals surface area contributed by atoms with E-state index in [0.29, 0.717) is 11.5 Å². The van der Waals surface area contributed by atoms with Crippen molar-refractivity contribution in [3.05, 3.63) is 66.4 Å². The number of alkyl halides is 3. The van der Waals surface area contributed by atoms with Crippen molar-refractivity contribution in [1.29, 1.82) is 0 Å². The quantitative estimate of drug-likeness (QED) is 0.548. The van der Waals surface area contributed by atoms with Gasteiger partial charge in [0.25, 0.3) is 0 Å². The molecule has 0 spiro atoms. The molecule has 7 nitrogen and oxygen atoms in total. The van der Waals surface area contributed by atoms with Crippen molar-refractivity contribution in [3.63, 3.8) is 0 Å². The normalized spacial score (nSPS) is 11.0. The van der Waals surface area contributed by atoms with Crippen LogP contribution in [0.2, 0.25) is 0 Å². The molecule has 3 aromatic rings. The monoisotopic (exact) mass is 416 g/mol. The lowest BCUT2D eigenvalue weighted by Crippen LogP contribution is -2.19. The number of rotatable bonds is 5. The minimum Gasteiger partial charge on any atom is -0.376 e. The fourth-order valence-electron chi connectivity index (χ4n) is 2.51. The average molecular weight is 416 g/mol. The molecule has 10 heteroatoms. The zero-order valence-electron chi connectivity index (χ0n) is 16.2. The van der Waals surface area contributed by atoms with Crippen molar-refractivity contribution in [3.8, 4) is 0 Å². The summed E-state index contributed by atoms with van der Waals surface area (Å²) in [4.78, 5) is 14.0. The van der Waals surface area contributed by atoms with Crippen molar-refractivity contribution in [1.82, 2.24) is 10.2 Å². The Kier molecular flexibility index (Phi) is 6.05. The van der Waals surface area contributed by atoms with Gasteiger partial charge in [-0.15, -0.1) is 5.10 Å². The molecular formula is C20H19F3N6O. The zero-order chi connectivity index (χ0) is 21.7. The molecular weight excluding hydrogens is 397 g/mol. The Bertz CT molecular complexity index is 1020. The Morgan fingerprint density at radius 3 is 2.27 bits per heavy atom. The van der Waals surface area contributed by atoms with E-state index in [2.05, 4.69) is 26.1 Å². The van der Waals surface area contributed by atoms with Gasteiger partial charge in [-0.1, -0.05) is 6.07 Å². The number of carbonyl (C=O) groups is 1. The highest BCUT2D eigenvalue weighted by Crippen LogP contribution is 2.30. The number of hydrogen-bond acceptors (Lipinski definition) is 5. The van der Waals surface area contributed by atoms with E-state index in [4.69, 9.17) is 0 Å². The lowest BCUT2D eigenvalue weighted by atomic mass is 10.2. The molecule has 0 aliphatic carbocycles. The standard InChI is InChI=1S/C20H19F3N6O/c1-29(2)17-11-18(28-24-12-17)25-14-6-8-15(9-7-14)26-19(30)27-16-5-3-4-13(10-16)20(21,22)23/h3-12H,1-2H3,(H,25,28)(H2,26,27,30). The molecule has 3 N–H and O–H groups in total. The number of carbonyl (C=O) groups excluding carboxylic acids is 1. The minimum atomic E-state index is -4.48. The largest absolute Gasteiger partial charge is 0.416 e. The maximum absolute atomic E-state index is 12.8. The van der Waals surface area contributed by atoms with Crippen LogP contribution in [-0.2, 0) is 6.18 Å². The summed E-state index contributed by atoms with van der Waals surface area (Å²) in [5.74, 6) is 0.559. The van der Waals surface area contributed by atoms with E-state index in [-0.39, 0.29) is 5.69 Å². The molecule has 0 atom stereocenters. The second-order valence-corrected chi connectivity index (χ2v) is 6.55. The van der Waals surface area contributed by atoms with Crippen LogP contribution in [-0.4, -0.2) is 30.3 Å². The van der Waals surface area contributed by atoms with Gasteiger partial charge in [-0.3, -0.25) is 0 Å². The first-order valence-corrected chi connectivity index (χ1v) is 8.83. The van der Waals surface area contributed by atoms with Crippen LogP contribution in [0.4, 0.5) is 46.5 Å². The third-order valence-electron chi connectivity index (χ3n) is 4.02. The van der Waals surface area contributed by atoms with E-state index in [9.17, 15) is 18.0 Å². The number of benzene rings is 2. The third-order valence-corrected chi connectivity index (χ3v) is 4.02. The van der Waals surface area contributed by atoms with Crippen LogP contribution in [0.5, 0.6) is 0 Å². The van der Waals surface area contributed by atoms with E-state index in [0.717, 1.165) is 23.5 Å². The second-order valence-electron chi connectivity index (χ2n) is 6.55. The maximum atomic E-state index is 12.8. The van der Waals surface area contributed by atoms with Gasteiger partial charge in [-0.2, -0.15) is 18.3 Å². The van der Waals surface area contributed by atoms with Crippen molar-refractivity contribution >= 4 is 34.6 Å². The molecule has 0 saturated heterocycles. The van der Waals surface area contributed by atoms with Crippen LogP contribution < -0.4 is 20.9 Å². The third kappa shape index (κ3) is 5.60. The highest BCUT2D eigenvalue weighted by atomic mass is 19.4. The van der Waals surface area contributed by atoms with E-state index >= 15 is 0 Å². The predicted molar refractivity (Wildman–Crippen MR) is 110 cm³/mol. The van der Waals surface area contributed by atoms with Gasteiger partial charge in [-0.05, 0) is 42.5 Å². The number of urea groups is 1. The summed E-state index contributed by atoms with van der Waals surface area (Å²) in [5.41, 5.74) is 1.29. The summed E-state index contributed by atoms with van der Waals surface area (Å²) in [7, 11) is 3.79. The number of anilines is 5. The molecule has 0 unspecified atom stereocenters. The van der Waals surface area contributed by atoms with Gasteiger partial charge < -0.3 is 20.9 Å². The Labute approximate surface area is 170 Å². The topological polar surface area (TPSA) is 82.2 Å². The average Bonchev–Trinajstić information content (AvgIpc) is 2.69. The summed E-state index contributed by atoms with van der Waals surface area (Å²) in [6.07, 6.45) is -2.84. The van der Waals surface area contributed by atoms with Gasteiger partial charge in [0.15, 0.2) is 5.82 Å². The summed E-state index contributed by atoms with van der Waals surface area (Å²) >= 11 is 0. The first-order chi connectivity index (χ1) is 14.2. The van der Waals surface area contributed by atoms with E-state index in [1.54, 1.807) is 30.5 Å². The molecule has 1 aromatic heterocycles. The number of nitrogens with one attached hydrogen (secondary N) is 3. The molecule has 2 aromatic carbocycles. The molecule has 0 aliphatic rings. The van der Waals surface area contributed by atoms with Gasteiger partial charge in [0, 0.05) is 37.2 Å². The highest BCUT2D eigenvalue weighted by molar-refractivity contribution is 5.99. The fraction of sp³-hybridized carbons (Fsp3) is 0.150. The first-order valence-electron chi connectivity index (χ1n) is 8.83. The van der Waals surface area contributed by atoms with Gasteiger partial charge in [0.05, 0.1) is 17.4 Å². The highest BCUT2D eigenvalue weighted by Gasteiger charge is 2.30. The van der Waals surface area contributed by atoms with E-state index in [1.807, 2.05) is 25.1 Å². The Hall–Kier alpha value is -3.82. The van der Waals surface area contributed by atoms with Crippen molar-refractivity contribution in [2.24, 2.45) is 0 Å². The number of halogens is 3. The Morgan fingerprint density at radius 2 is 1.60 bits per heavy atom. The molecule has 1 heterocycles. The molecule has 0 aliphatic heterocycles. The lowest BCUT2D eigenvalue weighted by molar-refractivity contribution is -0.137. The zero-order valence-corrected chi connectivity index (χ0v) is 16.2. The Balaban J connectivity index is 1.60. The molecule has 0 radical (unpaired) electrons. The van der Waals surface area contributed by atoms with Crippen molar-refractivity contribution < 1.29 is 18.0 Å². The van der Waals surface area contributed by atoms with Crippen LogP contribution in [0.1, 0.15) is 5.56 Å². The SMILES string of the molecule is CN(C)c1cnnc(Nc2ccc(NC(=O)Nc3cccc(C(F)(F)F)c3)cc2)c1. The van der Waals surface area contributed by atoms with Crippen LogP contribution in [0.15, 0.2) is 60.8 Å². The van der Waals surface area contributed by atoms with Crippen LogP contribution in [0.3, 0.4) is 0 Å². The van der Waals surface area contributed by atoms with Crippen LogP contribution >= 0.6 is 0 Å². The van der Waals surface area contributed by atoms with Gasteiger partial charge in [-0.25, -0.2) is 4.79 Å². The maximum Gasteiger partial charge on any atom is 0.416 e. The van der Waals surface area contributed by atoms with Gasteiger partial charge in [0.2, 0.25) is 0 Å². The van der Waals surface area contributed by atoms with Crippen molar-refractivity contribution in [2.45, 2.75) is 6.18 Å². The molecule has 0 fully saturated rings.